The zero-order valence-corrected chi connectivity index (χ0v) is 8.40. The van der Waals surface area contributed by atoms with E-state index in [1.807, 2.05) is 0 Å². The highest BCUT2D eigenvalue weighted by atomic mass is 16.5. The van der Waals surface area contributed by atoms with Gasteiger partial charge >= 0.3 is 6.03 Å². The number of unbranched alkanes of at least 4 members (excludes halogenated alkanes) is 2. The van der Waals surface area contributed by atoms with E-state index in [0.29, 0.717) is 12.4 Å². The van der Waals surface area contributed by atoms with E-state index in [4.69, 9.17) is 5.11 Å². The third-order valence-corrected chi connectivity index (χ3v) is 1.80. The Labute approximate surface area is 87.6 Å². The van der Waals surface area contributed by atoms with Gasteiger partial charge in [-0.25, -0.2) is 4.79 Å². The molecule has 0 aromatic carbocycles. The Morgan fingerprint density at radius 3 is 3.00 bits per heavy atom. The van der Waals surface area contributed by atoms with Crippen LogP contribution in [0.1, 0.15) is 19.3 Å². The van der Waals surface area contributed by atoms with Crippen molar-refractivity contribution in [2.24, 2.45) is 0 Å². The molecular weight excluding hydrogens is 198 g/mol. The Morgan fingerprint density at radius 1 is 1.47 bits per heavy atom. The standard InChI is InChI=1S/C9H15N3O3/c13-6-3-1-2-5-10-9(14)11-8-4-7-15-12-8/h4,7,13H,1-3,5-6H2,(H2,10,11,12,14). The van der Waals surface area contributed by atoms with Gasteiger partial charge in [-0.3, -0.25) is 5.32 Å². The highest BCUT2D eigenvalue weighted by Crippen LogP contribution is 2.00. The summed E-state index contributed by atoms with van der Waals surface area (Å²) < 4.78 is 4.55. The normalized spacial score (nSPS) is 9.93. The number of carbonyl (C=O) groups excluding carboxylic acids is 1. The molecule has 1 heterocycles. The van der Waals surface area contributed by atoms with E-state index < -0.39 is 0 Å². The number of urea groups is 1. The minimum Gasteiger partial charge on any atom is -0.396 e. The first-order valence-electron chi connectivity index (χ1n) is 4.89. The maximum Gasteiger partial charge on any atom is 0.320 e. The molecule has 6 nitrogen and oxygen atoms in total. The SMILES string of the molecule is O=C(NCCCCCO)Nc1ccon1. The van der Waals surface area contributed by atoms with Crippen molar-refractivity contribution < 1.29 is 14.4 Å². The predicted molar refractivity (Wildman–Crippen MR) is 54.5 cm³/mol. The molecule has 3 N–H and O–H groups in total. The van der Waals surface area contributed by atoms with Crippen molar-refractivity contribution in [3.63, 3.8) is 0 Å². The topological polar surface area (TPSA) is 87.4 Å². The second-order valence-corrected chi connectivity index (χ2v) is 3.05. The lowest BCUT2D eigenvalue weighted by molar-refractivity contribution is 0.251. The molecule has 0 saturated carbocycles. The maximum atomic E-state index is 11.2. The number of nitrogens with one attached hydrogen (secondary N) is 2. The van der Waals surface area contributed by atoms with Crippen LogP contribution in [-0.4, -0.2) is 29.4 Å². The number of hydrogen-bond acceptors (Lipinski definition) is 4. The van der Waals surface area contributed by atoms with Gasteiger partial charge in [-0.2, -0.15) is 0 Å². The smallest absolute Gasteiger partial charge is 0.320 e. The summed E-state index contributed by atoms with van der Waals surface area (Å²) in [5, 5.41) is 17.2. The van der Waals surface area contributed by atoms with Crippen LogP contribution in [0.2, 0.25) is 0 Å². The molecule has 15 heavy (non-hydrogen) atoms. The third-order valence-electron chi connectivity index (χ3n) is 1.80. The lowest BCUT2D eigenvalue weighted by atomic mass is 10.2. The highest BCUT2D eigenvalue weighted by Gasteiger charge is 2.02. The predicted octanol–water partition coefficient (Wildman–Crippen LogP) is 0.959. The Bertz CT molecular complexity index is 274. The molecule has 1 aromatic heterocycles. The summed E-state index contributed by atoms with van der Waals surface area (Å²) in [7, 11) is 0. The van der Waals surface area contributed by atoms with E-state index in [0.717, 1.165) is 19.3 Å². The molecule has 1 aromatic rings. The molecule has 84 valence electrons. The monoisotopic (exact) mass is 213 g/mol. The van der Waals surface area contributed by atoms with Crippen LogP contribution in [0.3, 0.4) is 0 Å². The summed E-state index contributed by atoms with van der Waals surface area (Å²) in [6.45, 7) is 0.787. The Kier molecular flexibility index (Phi) is 5.24. The van der Waals surface area contributed by atoms with Gasteiger partial charge in [0.15, 0.2) is 5.82 Å². The molecular formula is C9H15N3O3. The van der Waals surface area contributed by atoms with Crippen molar-refractivity contribution in [2.45, 2.75) is 19.3 Å². The second kappa shape index (κ2) is 6.83. The van der Waals surface area contributed by atoms with Crippen molar-refractivity contribution in [1.82, 2.24) is 10.5 Å². The fourth-order valence-electron chi connectivity index (χ4n) is 1.05. The third kappa shape index (κ3) is 5.02. The number of hydrogen-bond donors (Lipinski definition) is 3. The van der Waals surface area contributed by atoms with Gasteiger partial charge in [0, 0.05) is 19.2 Å². The van der Waals surface area contributed by atoms with Gasteiger partial charge in [0.05, 0.1) is 0 Å². The van der Waals surface area contributed by atoms with E-state index in [1.165, 1.54) is 6.26 Å². The van der Waals surface area contributed by atoms with Crippen molar-refractivity contribution in [2.75, 3.05) is 18.5 Å². The molecule has 0 atom stereocenters. The first-order chi connectivity index (χ1) is 7.33. The molecule has 0 aliphatic carbocycles. The van der Waals surface area contributed by atoms with E-state index >= 15 is 0 Å². The van der Waals surface area contributed by atoms with Gasteiger partial charge in [0.25, 0.3) is 0 Å². The van der Waals surface area contributed by atoms with Gasteiger partial charge in [-0.15, -0.1) is 0 Å². The van der Waals surface area contributed by atoms with Crippen molar-refractivity contribution in [1.29, 1.82) is 0 Å². The van der Waals surface area contributed by atoms with Crippen LogP contribution in [0.5, 0.6) is 0 Å². The molecule has 0 aliphatic heterocycles. The second-order valence-electron chi connectivity index (χ2n) is 3.05. The van der Waals surface area contributed by atoms with Crippen molar-refractivity contribution in [3.8, 4) is 0 Å². The number of carbonyl (C=O) groups is 1. The Balaban J connectivity index is 2.04. The number of rotatable bonds is 6. The molecule has 0 aliphatic rings. The molecule has 0 spiro atoms. The van der Waals surface area contributed by atoms with Crippen LogP contribution in [0.4, 0.5) is 10.6 Å². The van der Waals surface area contributed by atoms with Gasteiger partial charge in [0.1, 0.15) is 6.26 Å². The average Bonchev–Trinajstić information content (AvgIpc) is 2.70. The average molecular weight is 213 g/mol. The summed E-state index contributed by atoms with van der Waals surface area (Å²) in [5.74, 6) is 0.392. The fraction of sp³-hybridized carbons (Fsp3) is 0.556. The van der Waals surface area contributed by atoms with Crippen LogP contribution >= 0.6 is 0 Å². The van der Waals surface area contributed by atoms with Gasteiger partial charge in [-0.1, -0.05) is 5.16 Å². The number of aliphatic hydroxyl groups excluding tert-OH is 1. The largest absolute Gasteiger partial charge is 0.396 e. The molecule has 0 bridgehead atoms. The number of amides is 2. The highest BCUT2D eigenvalue weighted by molar-refractivity contribution is 5.87. The van der Waals surface area contributed by atoms with Crippen LogP contribution in [0, 0.1) is 0 Å². The molecule has 0 saturated heterocycles. The van der Waals surface area contributed by atoms with Crippen LogP contribution in [-0.2, 0) is 0 Å². The zero-order chi connectivity index (χ0) is 10.9. The van der Waals surface area contributed by atoms with E-state index in [2.05, 4.69) is 20.3 Å². The maximum absolute atomic E-state index is 11.2. The Hall–Kier alpha value is -1.56. The van der Waals surface area contributed by atoms with Gasteiger partial charge < -0.3 is 14.9 Å². The van der Waals surface area contributed by atoms with Crippen LogP contribution < -0.4 is 10.6 Å². The number of aromatic nitrogens is 1. The minimum atomic E-state index is -0.298. The van der Waals surface area contributed by atoms with Crippen LogP contribution in [0.15, 0.2) is 16.9 Å². The summed E-state index contributed by atoms with van der Waals surface area (Å²) in [6.07, 6.45) is 3.91. The summed E-state index contributed by atoms with van der Waals surface area (Å²) in [5.41, 5.74) is 0. The van der Waals surface area contributed by atoms with Crippen molar-refractivity contribution >= 4 is 11.8 Å². The van der Waals surface area contributed by atoms with E-state index in [9.17, 15) is 4.79 Å². The van der Waals surface area contributed by atoms with Crippen LogP contribution in [0.25, 0.3) is 0 Å². The lowest BCUT2D eigenvalue weighted by Gasteiger charge is -2.04. The zero-order valence-electron chi connectivity index (χ0n) is 8.40. The van der Waals surface area contributed by atoms with Gasteiger partial charge in [0.2, 0.25) is 0 Å². The minimum absolute atomic E-state index is 0.200. The Morgan fingerprint density at radius 2 is 2.33 bits per heavy atom. The molecule has 6 heteroatoms. The van der Waals surface area contributed by atoms with E-state index in [1.54, 1.807) is 6.07 Å². The number of anilines is 1. The first-order valence-corrected chi connectivity index (χ1v) is 4.89. The van der Waals surface area contributed by atoms with E-state index in [-0.39, 0.29) is 12.6 Å². The van der Waals surface area contributed by atoms with Crippen molar-refractivity contribution in [3.05, 3.63) is 12.3 Å². The summed E-state index contributed by atoms with van der Waals surface area (Å²) in [6, 6.07) is 1.26. The lowest BCUT2D eigenvalue weighted by Crippen LogP contribution is -2.29. The fourth-order valence-corrected chi connectivity index (χ4v) is 1.05. The van der Waals surface area contributed by atoms with Gasteiger partial charge in [-0.05, 0) is 19.3 Å². The quantitative estimate of drug-likeness (QED) is 0.614. The molecule has 1 rings (SSSR count). The summed E-state index contributed by atoms with van der Waals surface area (Å²) in [4.78, 5) is 11.2. The first kappa shape index (κ1) is 11.5. The number of nitrogens with zero attached hydrogens (tertiary/aromatic N) is 1. The number of aliphatic hydroxyl groups is 1. The molecule has 0 fully saturated rings. The molecule has 2 amide bonds. The molecule has 0 radical (unpaired) electrons. The summed E-state index contributed by atoms with van der Waals surface area (Å²) >= 11 is 0. The molecule has 0 unspecified atom stereocenters.